The Labute approximate surface area is 156 Å². The minimum absolute atomic E-state index is 0.327. The zero-order valence-corrected chi connectivity index (χ0v) is 16.5. The molecule has 0 aliphatic carbocycles. The molecule has 0 bridgehead atoms. The van der Waals surface area contributed by atoms with Gasteiger partial charge in [-0.05, 0) is 42.1 Å². The maximum Gasteiger partial charge on any atom is 0.0568 e. The monoisotopic (exact) mass is 365 g/mol. The van der Waals surface area contributed by atoms with Gasteiger partial charge < -0.3 is 0 Å². The fraction of sp³-hybridized carbons (Fsp3) is 0.227. The molecule has 0 saturated heterocycles. The number of nitrogens with zero attached hydrogens (tertiary/aromatic N) is 1. The van der Waals surface area contributed by atoms with Crippen molar-refractivity contribution in [3.05, 3.63) is 83.1 Å². The Morgan fingerprint density at radius 3 is 1.96 bits per heavy atom. The first-order valence-electron chi connectivity index (χ1n) is 8.68. The SMILES string of the molecule is CC(C)[C@@H](CP(c1ccccc1)c1ccccc1)N=Cc1cccs1. The lowest BCUT2D eigenvalue weighted by atomic mass is 10.1. The third kappa shape index (κ3) is 5.11. The van der Waals surface area contributed by atoms with Crippen molar-refractivity contribution in [3.8, 4) is 0 Å². The molecule has 1 atom stereocenters. The third-order valence-electron chi connectivity index (χ3n) is 4.21. The van der Waals surface area contributed by atoms with Crippen LogP contribution in [0.1, 0.15) is 18.7 Å². The molecular weight excluding hydrogens is 341 g/mol. The van der Waals surface area contributed by atoms with Crippen LogP contribution in [0.25, 0.3) is 0 Å². The van der Waals surface area contributed by atoms with Gasteiger partial charge in [0.2, 0.25) is 0 Å². The predicted octanol–water partition coefficient (Wildman–Crippen LogP) is 5.32. The van der Waals surface area contributed by atoms with Gasteiger partial charge in [-0.3, -0.25) is 4.99 Å². The number of rotatable bonds is 7. The normalized spacial score (nSPS) is 13.0. The van der Waals surface area contributed by atoms with Crippen LogP contribution < -0.4 is 10.6 Å². The van der Waals surface area contributed by atoms with Crippen LogP contribution >= 0.6 is 19.3 Å². The van der Waals surface area contributed by atoms with Crippen LogP contribution in [-0.4, -0.2) is 18.4 Å². The Bertz CT molecular complexity index is 727. The molecule has 128 valence electrons. The van der Waals surface area contributed by atoms with Gasteiger partial charge in [0.25, 0.3) is 0 Å². The Morgan fingerprint density at radius 1 is 0.880 bits per heavy atom. The predicted molar refractivity (Wildman–Crippen MR) is 114 cm³/mol. The first kappa shape index (κ1) is 18.0. The molecule has 0 spiro atoms. The topological polar surface area (TPSA) is 12.4 Å². The van der Waals surface area contributed by atoms with Crippen molar-refractivity contribution in [1.29, 1.82) is 0 Å². The Kier molecular flexibility index (Phi) is 6.55. The van der Waals surface area contributed by atoms with Crippen molar-refractivity contribution in [2.75, 3.05) is 6.16 Å². The zero-order valence-electron chi connectivity index (χ0n) is 14.7. The van der Waals surface area contributed by atoms with E-state index in [-0.39, 0.29) is 0 Å². The van der Waals surface area contributed by atoms with Crippen LogP contribution in [0, 0.1) is 5.92 Å². The lowest BCUT2D eigenvalue weighted by Gasteiger charge is -2.25. The molecule has 0 radical (unpaired) electrons. The number of hydrogen-bond acceptors (Lipinski definition) is 2. The van der Waals surface area contributed by atoms with Crippen LogP contribution in [-0.2, 0) is 0 Å². The zero-order chi connectivity index (χ0) is 17.5. The van der Waals surface area contributed by atoms with Crippen molar-refractivity contribution in [1.82, 2.24) is 0 Å². The standard InChI is InChI=1S/C22H24NPS/c1-18(2)22(23-16-21-14-9-15-25-21)17-24(19-10-5-3-6-11-19)20-12-7-4-8-13-20/h3-16,18,22H,17H2,1-2H3/t22-/m1/s1. The van der Waals surface area contributed by atoms with E-state index in [9.17, 15) is 0 Å². The van der Waals surface area contributed by atoms with E-state index in [0.29, 0.717) is 12.0 Å². The summed E-state index contributed by atoms with van der Waals surface area (Å²) in [5.41, 5.74) is 0. The summed E-state index contributed by atoms with van der Waals surface area (Å²) in [6.45, 7) is 4.56. The molecule has 1 aromatic heterocycles. The smallest absolute Gasteiger partial charge is 0.0568 e. The fourth-order valence-electron chi connectivity index (χ4n) is 2.73. The molecule has 2 aromatic carbocycles. The van der Waals surface area contributed by atoms with Crippen molar-refractivity contribution in [3.63, 3.8) is 0 Å². The quantitative estimate of drug-likeness (QED) is 0.397. The second-order valence-electron chi connectivity index (χ2n) is 6.39. The summed E-state index contributed by atoms with van der Waals surface area (Å²) in [6.07, 6.45) is 3.14. The number of hydrogen-bond donors (Lipinski definition) is 0. The molecule has 0 aliphatic rings. The van der Waals surface area contributed by atoms with Gasteiger partial charge in [-0.2, -0.15) is 0 Å². The molecule has 3 rings (SSSR count). The van der Waals surface area contributed by atoms with E-state index in [1.807, 2.05) is 0 Å². The van der Waals surface area contributed by atoms with Crippen molar-refractivity contribution in [2.45, 2.75) is 19.9 Å². The van der Waals surface area contributed by atoms with Gasteiger partial charge in [0.15, 0.2) is 0 Å². The molecule has 3 heteroatoms. The molecule has 0 aliphatic heterocycles. The van der Waals surface area contributed by atoms with Crippen molar-refractivity contribution in [2.24, 2.45) is 10.9 Å². The highest BCUT2D eigenvalue weighted by Crippen LogP contribution is 2.36. The van der Waals surface area contributed by atoms with Gasteiger partial charge in [0, 0.05) is 11.1 Å². The summed E-state index contributed by atoms with van der Waals surface area (Å²) in [7, 11) is -0.402. The van der Waals surface area contributed by atoms with E-state index in [2.05, 4.69) is 98.2 Å². The average molecular weight is 365 g/mol. The van der Waals surface area contributed by atoms with Gasteiger partial charge in [-0.25, -0.2) is 0 Å². The molecule has 0 amide bonds. The van der Waals surface area contributed by atoms with Crippen LogP contribution in [0.15, 0.2) is 83.2 Å². The van der Waals surface area contributed by atoms with Gasteiger partial charge in [-0.1, -0.05) is 80.6 Å². The van der Waals surface area contributed by atoms with Crippen LogP contribution in [0.2, 0.25) is 0 Å². The Balaban J connectivity index is 1.87. The number of thiophene rings is 1. The van der Waals surface area contributed by atoms with E-state index < -0.39 is 7.92 Å². The van der Waals surface area contributed by atoms with E-state index >= 15 is 0 Å². The molecular formula is C22H24NPS. The van der Waals surface area contributed by atoms with E-state index in [4.69, 9.17) is 4.99 Å². The number of aliphatic imine (C=N–C) groups is 1. The summed E-state index contributed by atoms with van der Waals surface area (Å²) >= 11 is 1.74. The first-order chi connectivity index (χ1) is 12.2. The molecule has 0 fully saturated rings. The van der Waals surface area contributed by atoms with Crippen LogP contribution in [0.5, 0.6) is 0 Å². The molecule has 0 N–H and O–H groups in total. The summed E-state index contributed by atoms with van der Waals surface area (Å²) in [5.74, 6) is 0.522. The third-order valence-corrected chi connectivity index (χ3v) is 7.60. The number of benzene rings is 2. The highest BCUT2D eigenvalue weighted by atomic mass is 32.1. The second-order valence-corrected chi connectivity index (χ2v) is 9.62. The maximum atomic E-state index is 4.96. The molecule has 3 aromatic rings. The maximum absolute atomic E-state index is 4.96. The van der Waals surface area contributed by atoms with Crippen molar-refractivity contribution >= 4 is 36.1 Å². The van der Waals surface area contributed by atoms with Crippen LogP contribution in [0.4, 0.5) is 0 Å². The summed E-state index contributed by atoms with van der Waals surface area (Å²) < 4.78 is 0. The summed E-state index contributed by atoms with van der Waals surface area (Å²) in [4.78, 5) is 6.19. The van der Waals surface area contributed by atoms with Gasteiger partial charge in [0.1, 0.15) is 0 Å². The van der Waals surface area contributed by atoms with Crippen LogP contribution in [0.3, 0.4) is 0 Å². The highest BCUT2D eigenvalue weighted by Gasteiger charge is 2.21. The minimum atomic E-state index is -0.402. The molecule has 25 heavy (non-hydrogen) atoms. The Hall–Kier alpha value is -1.76. The van der Waals surface area contributed by atoms with E-state index in [0.717, 1.165) is 6.16 Å². The van der Waals surface area contributed by atoms with Crippen molar-refractivity contribution < 1.29 is 0 Å². The lowest BCUT2D eigenvalue weighted by Crippen LogP contribution is -2.24. The van der Waals surface area contributed by atoms with Gasteiger partial charge in [-0.15, -0.1) is 11.3 Å². The van der Waals surface area contributed by atoms with Gasteiger partial charge >= 0.3 is 0 Å². The molecule has 0 unspecified atom stereocenters. The van der Waals surface area contributed by atoms with E-state index in [1.54, 1.807) is 11.3 Å². The molecule has 1 nitrogen and oxygen atoms in total. The fourth-order valence-corrected chi connectivity index (χ4v) is 5.99. The summed E-state index contributed by atoms with van der Waals surface area (Å²) in [6, 6.07) is 26.4. The second kappa shape index (κ2) is 9.08. The molecule has 1 heterocycles. The highest BCUT2D eigenvalue weighted by molar-refractivity contribution is 7.73. The average Bonchev–Trinajstić information content (AvgIpc) is 3.16. The van der Waals surface area contributed by atoms with Gasteiger partial charge in [0.05, 0.1) is 6.04 Å². The van der Waals surface area contributed by atoms with E-state index in [1.165, 1.54) is 15.5 Å². The minimum Gasteiger partial charge on any atom is -0.288 e. The largest absolute Gasteiger partial charge is 0.288 e. The molecule has 0 saturated carbocycles. The lowest BCUT2D eigenvalue weighted by molar-refractivity contribution is 0.538. The summed E-state index contributed by atoms with van der Waals surface area (Å²) in [5, 5.41) is 4.97. The first-order valence-corrected chi connectivity index (χ1v) is 11.1. The Morgan fingerprint density at radius 2 is 1.48 bits per heavy atom.